The van der Waals surface area contributed by atoms with Crippen LogP contribution in [0, 0.1) is 12.7 Å². The van der Waals surface area contributed by atoms with E-state index in [9.17, 15) is 4.39 Å². The second-order valence-corrected chi connectivity index (χ2v) is 5.47. The van der Waals surface area contributed by atoms with Crippen LogP contribution in [0.25, 0.3) is 22.8 Å². The van der Waals surface area contributed by atoms with Crippen molar-refractivity contribution < 1.29 is 8.91 Å². The highest BCUT2D eigenvalue weighted by Crippen LogP contribution is 2.28. The molecule has 21 heavy (non-hydrogen) atoms. The molecule has 0 amide bonds. The zero-order chi connectivity index (χ0) is 15.0. The third-order valence-electron chi connectivity index (χ3n) is 3.10. The summed E-state index contributed by atoms with van der Waals surface area (Å²) in [5, 5.41) is 3.94. The zero-order valence-electron chi connectivity index (χ0n) is 11.1. The first-order valence-corrected chi connectivity index (χ1v) is 6.99. The van der Waals surface area contributed by atoms with E-state index < -0.39 is 0 Å². The van der Waals surface area contributed by atoms with Crippen molar-refractivity contribution in [2.45, 2.75) is 6.92 Å². The van der Waals surface area contributed by atoms with Crippen molar-refractivity contribution in [2.75, 3.05) is 5.73 Å². The van der Waals surface area contributed by atoms with Gasteiger partial charge in [0.15, 0.2) is 0 Å². The summed E-state index contributed by atoms with van der Waals surface area (Å²) >= 11 is 3.33. The first-order chi connectivity index (χ1) is 10.0. The monoisotopic (exact) mass is 347 g/mol. The van der Waals surface area contributed by atoms with Crippen LogP contribution in [-0.4, -0.2) is 10.1 Å². The highest BCUT2D eigenvalue weighted by atomic mass is 79.9. The van der Waals surface area contributed by atoms with Gasteiger partial charge in [0, 0.05) is 21.3 Å². The maximum Gasteiger partial charge on any atom is 0.258 e. The van der Waals surface area contributed by atoms with E-state index in [2.05, 4.69) is 26.1 Å². The molecule has 0 fully saturated rings. The highest BCUT2D eigenvalue weighted by Gasteiger charge is 2.13. The van der Waals surface area contributed by atoms with Crippen LogP contribution in [0.5, 0.6) is 0 Å². The van der Waals surface area contributed by atoms with Crippen LogP contribution < -0.4 is 5.73 Å². The molecule has 1 aromatic heterocycles. The summed E-state index contributed by atoms with van der Waals surface area (Å²) in [5.74, 6) is 0.498. The fraction of sp³-hybridized carbons (Fsp3) is 0.0667. The van der Waals surface area contributed by atoms with Crippen LogP contribution in [0.3, 0.4) is 0 Å². The van der Waals surface area contributed by atoms with E-state index in [0.717, 1.165) is 21.2 Å². The molecule has 3 aromatic rings. The molecule has 0 bridgehead atoms. The van der Waals surface area contributed by atoms with Gasteiger partial charge in [0.25, 0.3) is 5.89 Å². The molecular formula is C15H11BrFN3O. The largest absolute Gasteiger partial charge is 0.398 e. The fourth-order valence-electron chi connectivity index (χ4n) is 2.00. The summed E-state index contributed by atoms with van der Waals surface area (Å²) in [6.45, 7) is 1.80. The third kappa shape index (κ3) is 2.67. The van der Waals surface area contributed by atoms with E-state index in [0.29, 0.717) is 17.4 Å². The van der Waals surface area contributed by atoms with E-state index >= 15 is 0 Å². The Morgan fingerprint density at radius 3 is 2.71 bits per heavy atom. The van der Waals surface area contributed by atoms with Crippen molar-refractivity contribution in [3.8, 4) is 22.8 Å². The molecule has 3 rings (SSSR count). The maximum atomic E-state index is 13.1. The SMILES string of the molecule is Cc1cc(F)ccc1-c1noc(-c2ccc(Br)c(N)c2)n1. The topological polar surface area (TPSA) is 64.9 Å². The zero-order valence-corrected chi connectivity index (χ0v) is 12.7. The Balaban J connectivity index is 2.01. The number of hydrogen-bond acceptors (Lipinski definition) is 4. The molecule has 106 valence electrons. The number of hydrogen-bond donors (Lipinski definition) is 1. The predicted molar refractivity (Wildman–Crippen MR) is 82.0 cm³/mol. The number of nitrogen functional groups attached to an aromatic ring is 1. The summed E-state index contributed by atoms with van der Waals surface area (Å²) in [6.07, 6.45) is 0. The second-order valence-electron chi connectivity index (χ2n) is 4.62. The number of nitrogens with zero attached hydrogens (tertiary/aromatic N) is 2. The Labute approximate surface area is 128 Å². The molecule has 0 saturated heterocycles. The van der Waals surface area contributed by atoms with Gasteiger partial charge in [-0.1, -0.05) is 5.16 Å². The summed E-state index contributed by atoms with van der Waals surface area (Å²) in [6, 6.07) is 9.83. The van der Waals surface area contributed by atoms with E-state index in [1.165, 1.54) is 12.1 Å². The van der Waals surface area contributed by atoms with Crippen LogP contribution in [0.15, 0.2) is 45.4 Å². The van der Waals surface area contributed by atoms with Crippen molar-refractivity contribution in [2.24, 2.45) is 0 Å². The minimum Gasteiger partial charge on any atom is -0.398 e. The molecule has 0 unspecified atom stereocenters. The number of rotatable bonds is 2. The van der Waals surface area contributed by atoms with E-state index in [1.807, 2.05) is 12.1 Å². The van der Waals surface area contributed by atoms with Gasteiger partial charge in [-0.2, -0.15) is 4.98 Å². The molecular weight excluding hydrogens is 337 g/mol. The Kier molecular flexibility index (Phi) is 3.47. The van der Waals surface area contributed by atoms with Gasteiger partial charge in [0.1, 0.15) is 5.82 Å². The molecule has 0 saturated carbocycles. The molecule has 2 aromatic carbocycles. The molecule has 4 nitrogen and oxygen atoms in total. The van der Waals surface area contributed by atoms with E-state index in [1.54, 1.807) is 19.1 Å². The van der Waals surface area contributed by atoms with Crippen LogP contribution in [0.2, 0.25) is 0 Å². The number of nitrogens with two attached hydrogens (primary N) is 1. The first kappa shape index (κ1) is 13.8. The van der Waals surface area contributed by atoms with E-state index in [-0.39, 0.29) is 5.82 Å². The molecule has 0 aliphatic carbocycles. The van der Waals surface area contributed by atoms with Gasteiger partial charge in [0.2, 0.25) is 5.82 Å². The minimum absolute atomic E-state index is 0.291. The Morgan fingerprint density at radius 1 is 1.19 bits per heavy atom. The lowest BCUT2D eigenvalue weighted by molar-refractivity contribution is 0.432. The molecule has 0 atom stereocenters. The smallest absolute Gasteiger partial charge is 0.258 e. The van der Waals surface area contributed by atoms with Crippen LogP contribution in [0.4, 0.5) is 10.1 Å². The Hall–Kier alpha value is -2.21. The normalized spacial score (nSPS) is 10.8. The lowest BCUT2D eigenvalue weighted by Gasteiger charge is -2.00. The van der Waals surface area contributed by atoms with Gasteiger partial charge in [-0.05, 0) is 64.8 Å². The Bertz CT molecular complexity index is 816. The fourth-order valence-corrected chi connectivity index (χ4v) is 2.25. The standard InChI is InChI=1S/C15H11BrFN3O/c1-8-6-10(17)3-4-11(8)14-19-15(21-20-14)9-2-5-12(16)13(18)7-9/h2-7H,18H2,1H3. The summed E-state index contributed by atoms with van der Waals surface area (Å²) in [5.41, 5.74) is 8.64. The lowest BCUT2D eigenvalue weighted by atomic mass is 10.1. The number of benzene rings is 2. The van der Waals surface area contributed by atoms with Gasteiger partial charge in [0.05, 0.1) is 0 Å². The average Bonchev–Trinajstić information content (AvgIpc) is 2.91. The van der Waals surface area contributed by atoms with Crippen LogP contribution >= 0.6 is 15.9 Å². The quantitative estimate of drug-likeness (QED) is 0.705. The number of aryl methyl sites for hydroxylation is 1. The van der Waals surface area contributed by atoms with Crippen molar-refractivity contribution in [1.82, 2.24) is 10.1 Å². The molecule has 1 heterocycles. The van der Waals surface area contributed by atoms with Crippen LogP contribution in [0.1, 0.15) is 5.56 Å². The molecule has 2 N–H and O–H groups in total. The Morgan fingerprint density at radius 2 is 2.00 bits per heavy atom. The molecule has 0 aliphatic heterocycles. The van der Waals surface area contributed by atoms with Gasteiger partial charge >= 0.3 is 0 Å². The van der Waals surface area contributed by atoms with Crippen molar-refractivity contribution >= 4 is 21.6 Å². The number of aromatic nitrogens is 2. The lowest BCUT2D eigenvalue weighted by Crippen LogP contribution is -1.89. The minimum atomic E-state index is -0.291. The van der Waals surface area contributed by atoms with Gasteiger partial charge in [-0.3, -0.25) is 0 Å². The summed E-state index contributed by atoms with van der Waals surface area (Å²) in [4.78, 5) is 4.34. The van der Waals surface area contributed by atoms with Gasteiger partial charge in [-0.15, -0.1) is 0 Å². The maximum absolute atomic E-state index is 13.1. The summed E-state index contributed by atoms with van der Waals surface area (Å²) in [7, 11) is 0. The molecule has 0 radical (unpaired) electrons. The average molecular weight is 348 g/mol. The molecule has 0 spiro atoms. The van der Waals surface area contributed by atoms with Gasteiger partial charge in [-0.25, -0.2) is 4.39 Å². The highest BCUT2D eigenvalue weighted by molar-refractivity contribution is 9.10. The van der Waals surface area contributed by atoms with E-state index in [4.69, 9.17) is 10.3 Å². The van der Waals surface area contributed by atoms with Crippen LogP contribution in [-0.2, 0) is 0 Å². The van der Waals surface area contributed by atoms with Crippen molar-refractivity contribution in [3.63, 3.8) is 0 Å². The summed E-state index contributed by atoms with van der Waals surface area (Å²) < 4.78 is 19.2. The third-order valence-corrected chi connectivity index (χ3v) is 3.82. The number of anilines is 1. The van der Waals surface area contributed by atoms with Crippen molar-refractivity contribution in [1.29, 1.82) is 0 Å². The van der Waals surface area contributed by atoms with Gasteiger partial charge < -0.3 is 10.3 Å². The second kappa shape index (κ2) is 5.29. The molecule has 0 aliphatic rings. The van der Waals surface area contributed by atoms with Crippen molar-refractivity contribution in [3.05, 3.63) is 52.3 Å². The predicted octanol–water partition coefficient (Wildman–Crippen LogP) is 4.20. The number of halogens is 2. The first-order valence-electron chi connectivity index (χ1n) is 6.20. The molecule has 6 heteroatoms.